The largest absolute Gasteiger partial charge is 0.449 e. The minimum atomic E-state index is -0.0932. The molecule has 0 fully saturated rings. The molecule has 0 amide bonds. The molecule has 0 spiro atoms. The maximum Gasteiger partial charge on any atom is 0.179 e. The Kier molecular flexibility index (Phi) is 3.97. The molecule has 0 saturated heterocycles. The number of para-hydroxylation sites is 2. The van der Waals surface area contributed by atoms with E-state index in [1.807, 2.05) is 36.4 Å². The van der Waals surface area contributed by atoms with Gasteiger partial charge in [0.15, 0.2) is 5.05 Å². The SMILES string of the molecule is S=C(Oc1ccc(Cl)cc1)C1c2ccccc2Nc2ccccc21. The average molecular weight is 352 g/mol. The second-order valence-corrected chi connectivity index (χ2v) is 6.45. The molecule has 0 atom stereocenters. The molecular weight excluding hydrogens is 338 g/mol. The van der Waals surface area contributed by atoms with Crippen molar-refractivity contribution in [1.82, 2.24) is 0 Å². The minimum absolute atomic E-state index is 0.0932. The van der Waals surface area contributed by atoms with Gasteiger partial charge in [0.05, 0.1) is 5.92 Å². The number of rotatable bonds is 2. The third-order valence-electron chi connectivity index (χ3n) is 4.08. The number of halogens is 1. The number of thiocarbonyl (C=S) groups is 1. The van der Waals surface area contributed by atoms with Gasteiger partial charge in [0.2, 0.25) is 0 Å². The van der Waals surface area contributed by atoms with Crippen LogP contribution in [0.4, 0.5) is 11.4 Å². The molecule has 1 N–H and O–H groups in total. The number of hydrogen-bond acceptors (Lipinski definition) is 3. The van der Waals surface area contributed by atoms with Crippen molar-refractivity contribution in [2.75, 3.05) is 5.32 Å². The molecule has 1 aliphatic rings. The van der Waals surface area contributed by atoms with Crippen LogP contribution in [0, 0.1) is 0 Å². The van der Waals surface area contributed by atoms with Crippen molar-refractivity contribution in [3.8, 4) is 5.75 Å². The Labute approximate surface area is 151 Å². The van der Waals surface area contributed by atoms with Gasteiger partial charge in [-0.25, -0.2) is 0 Å². The van der Waals surface area contributed by atoms with E-state index in [2.05, 4.69) is 29.6 Å². The molecule has 1 aliphatic heterocycles. The summed E-state index contributed by atoms with van der Waals surface area (Å²) in [6.07, 6.45) is 0. The van der Waals surface area contributed by atoms with E-state index in [-0.39, 0.29) is 5.92 Å². The van der Waals surface area contributed by atoms with Gasteiger partial charge in [-0.05, 0) is 59.7 Å². The predicted octanol–water partition coefficient (Wildman–Crippen LogP) is 5.94. The van der Waals surface area contributed by atoms with E-state index >= 15 is 0 Å². The lowest BCUT2D eigenvalue weighted by molar-refractivity contribution is 0.543. The number of nitrogens with one attached hydrogen (secondary N) is 1. The molecule has 0 bridgehead atoms. The number of ether oxygens (including phenoxy) is 1. The molecule has 118 valence electrons. The summed E-state index contributed by atoms with van der Waals surface area (Å²) < 4.78 is 5.97. The number of benzene rings is 3. The van der Waals surface area contributed by atoms with Gasteiger partial charge in [-0.15, -0.1) is 0 Å². The minimum Gasteiger partial charge on any atom is -0.449 e. The summed E-state index contributed by atoms with van der Waals surface area (Å²) in [5.41, 5.74) is 4.36. The molecule has 24 heavy (non-hydrogen) atoms. The highest BCUT2D eigenvalue weighted by Gasteiger charge is 2.29. The molecule has 4 rings (SSSR count). The first-order chi connectivity index (χ1) is 11.7. The summed E-state index contributed by atoms with van der Waals surface area (Å²) in [5, 5.41) is 4.66. The van der Waals surface area contributed by atoms with Gasteiger partial charge >= 0.3 is 0 Å². The lowest BCUT2D eigenvalue weighted by atomic mass is 9.86. The van der Waals surface area contributed by atoms with Crippen LogP contribution in [-0.2, 0) is 0 Å². The van der Waals surface area contributed by atoms with Crippen molar-refractivity contribution < 1.29 is 4.74 Å². The molecule has 4 heteroatoms. The second kappa shape index (κ2) is 6.27. The number of hydrogen-bond donors (Lipinski definition) is 1. The van der Waals surface area contributed by atoms with Gasteiger partial charge in [-0.3, -0.25) is 0 Å². The quantitative estimate of drug-likeness (QED) is 0.578. The van der Waals surface area contributed by atoms with Crippen molar-refractivity contribution in [1.29, 1.82) is 0 Å². The highest BCUT2D eigenvalue weighted by molar-refractivity contribution is 7.80. The third kappa shape index (κ3) is 2.77. The molecule has 0 unspecified atom stereocenters. The van der Waals surface area contributed by atoms with Gasteiger partial charge in [0, 0.05) is 16.4 Å². The summed E-state index contributed by atoms with van der Waals surface area (Å²) >= 11 is 11.6. The first kappa shape index (κ1) is 15.2. The summed E-state index contributed by atoms with van der Waals surface area (Å²) in [6, 6.07) is 23.6. The summed E-state index contributed by atoms with van der Waals surface area (Å²) in [5.74, 6) is 0.599. The Morgan fingerprint density at radius 3 is 1.96 bits per heavy atom. The molecule has 0 aliphatic carbocycles. The Bertz CT molecular complexity index is 862. The van der Waals surface area contributed by atoms with Gasteiger partial charge in [0.1, 0.15) is 5.75 Å². The summed E-state index contributed by atoms with van der Waals surface area (Å²) in [4.78, 5) is 0. The maximum atomic E-state index is 5.97. The van der Waals surface area contributed by atoms with Crippen LogP contribution in [0.3, 0.4) is 0 Å². The fourth-order valence-electron chi connectivity index (χ4n) is 2.97. The topological polar surface area (TPSA) is 21.3 Å². The van der Waals surface area contributed by atoms with Crippen LogP contribution in [0.1, 0.15) is 17.0 Å². The van der Waals surface area contributed by atoms with Gasteiger partial charge in [-0.1, -0.05) is 48.0 Å². The first-order valence-electron chi connectivity index (χ1n) is 7.64. The van der Waals surface area contributed by atoms with Crippen LogP contribution < -0.4 is 10.1 Å². The number of anilines is 2. The van der Waals surface area contributed by atoms with Crippen molar-refractivity contribution in [3.05, 3.63) is 88.9 Å². The predicted molar refractivity (Wildman–Crippen MR) is 103 cm³/mol. The zero-order valence-electron chi connectivity index (χ0n) is 12.7. The molecule has 0 saturated carbocycles. The van der Waals surface area contributed by atoms with Gasteiger partial charge in [0.25, 0.3) is 0 Å². The molecular formula is C20H14ClNOS. The summed E-state index contributed by atoms with van der Waals surface area (Å²) in [7, 11) is 0. The molecule has 1 heterocycles. The van der Waals surface area contributed by atoms with Crippen LogP contribution >= 0.6 is 23.8 Å². The van der Waals surface area contributed by atoms with Crippen LogP contribution in [0.15, 0.2) is 72.8 Å². The van der Waals surface area contributed by atoms with Crippen LogP contribution in [-0.4, -0.2) is 5.05 Å². The van der Waals surface area contributed by atoms with Crippen molar-refractivity contribution in [3.63, 3.8) is 0 Å². The van der Waals surface area contributed by atoms with E-state index in [9.17, 15) is 0 Å². The molecule has 0 aromatic heterocycles. The monoisotopic (exact) mass is 351 g/mol. The van der Waals surface area contributed by atoms with Crippen LogP contribution in [0.25, 0.3) is 0 Å². The number of fused-ring (bicyclic) bond motifs is 2. The zero-order valence-corrected chi connectivity index (χ0v) is 14.3. The van der Waals surface area contributed by atoms with Crippen LogP contribution in [0.2, 0.25) is 5.02 Å². The normalized spacial score (nSPS) is 12.7. The lowest BCUT2D eigenvalue weighted by Crippen LogP contribution is -2.23. The Morgan fingerprint density at radius 2 is 1.38 bits per heavy atom. The van der Waals surface area contributed by atoms with Crippen molar-refractivity contribution in [2.24, 2.45) is 0 Å². The molecule has 2 nitrogen and oxygen atoms in total. The average Bonchev–Trinajstić information content (AvgIpc) is 2.61. The fourth-order valence-corrected chi connectivity index (χ4v) is 3.45. The second-order valence-electron chi connectivity index (χ2n) is 5.61. The van der Waals surface area contributed by atoms with Crippen molar-refractivity contribution in [2.45, 2.75) is 5.92 Å². The van der Waals surface area contributed by atoms with E-state index in [4.69, 9.17) is 28.6 Å². The van der Waals surface area contributed by atoms with Gasteiger partial charge in [-0.2, -0.15) is 0 Å². The maximum absolute atomic E-state index is 5.97. The van der Waals surface area contributed by atoms with Crippen molar-refractivity contribution >= 4 is 40.2 Å². The molecule has 0 radical (unpaired) electrons. The van der Waals surface area contributed by atoms with E-state index in [0.29, 0.717) is 15.8 Å². The highest BCUT2D eigenvalue weighted by Crippen LogP contribution is 2.42. The van der Waals surface area contributed by atoms with Gasteiger partial charge < -0.3 is 10.1 Å². The Morgan fingerprint density at radius 1 is 0.833 bits per heavy atom. The smallest absolute Gasteiger partial charge is 0.179 e. The first-order valence-corrected chi connectivity index (χ1v) is 8.43. The Hall–Kier alpha value is -2.36. The Balaban J connectivity index is 1.74. The van der Waals surface area contributed by atoms with E-state index in [0.717, 1.165) is 22.5 Å². The zero-order chi connectivity index (χ0) is 16.5. The standard InChI is InChI=1S/C20H14ClNOS/c21-13-9-11-14(12-10-13)23-20(24)19-15-5-1-3-7-17(15)22-18-8-4-2-6-16(18)19/h1-12,19,22H. The summed E-state index contributed by atoms with van der Waals surface area (Å²) in [6.45, 7) is 0. The van der Waals surface area contributed by atoms with Crippen LogP contribution in [0.5, 0.6) is 5.75 Å². The lowest BCUT2D eigenvalue weighted by Gasteiger charge is -2.29. The van der Waals surface area contributed by atoms with E-state index in [1.165, 1.54) is 0 Å². The fraction of sp³-hybridized carbons (Fsp3) is 0.0500. The molecule has 3 aromatic carbocycles. The van der Waals surface area contributed by atoms with E-state index in [1.54, 1.807) is 12.1 Å². The third-order valence-corrected chi connectivity index (χ3v) is 4.65. The highest BCUT2D eigenvalue weighted by atomic mass is 35.5. The molecule has 3 aromatic rings. The van der Waals surface area contributed by atoms with E-state index < -0.39 is 0 Å².